The van der Waals surface area contributed by atoms with Crippen LogP contribution in [0.4, 0.5) is 11.5 Å². The van der Waals surface area contributed by atoms with E-state index in [1.807, 2.05) is 6.08 Å². The zero-order valence-corrected chi connectivity index (χ0v) is 8.27. The first-order valence-electron chi connectivity index (χ1n) is 4.53. The summed E-state index contributed by atoms with van der Waals surface area (Å²) in [7, 11) is 1.69. The molecule has 0 aliphatic carbocycles. The van der Waals surface area contributed by atoms with Gasteiger partial charge in [0.1, 0.15) is 5.82 Å². The minimum absolute atomic E-state index is 0.00747. The molecule has 1 amide bonds. The second-order valence-corrected chi connectivity index (χ2v) is 3.28. The molecular weight excluding hydrogens is 190 g/mol. The predicted molar refractivity (Wildman–Crippen MR) is 57.6 cm³/mol. The van der Waals surface area contributed by atoms with E-state index in [2.05, 4.69) is 9.83 Å². The molecular formula is C11H9N3O. The fraction of sp³-hybridized carbons (Fsp3) is 0.182. The van der Waals surface area contributed by atoms with Gasteiger partial charge in [-0.1, -0.05) is 12.2 Å². The lowest BCUT2D eigenvalue weighted by molar-refractivity contribution is -0.117. The molecule has 0 fully saturated rings. The Labute approximate surface area is 87.7 Å². The molecule has 0 saturated carbocycles. The molecule has 1 aromatic heterocycles. The van der Waals surface area contributed by atoms with Gasteiger partial charge in [0.2, 0.25) is 11.6 Å². The van der Waals surface area contributed by atoms with Crippen molar-refractivity contribution in [1.82, 2.24) is 4.98 Å². The number of carbonyl (C=O) groups excluding carboxylic acids is 1. The maximum Gasteiger partial charge on any atom is 0.231 e. The second kappa shape index (κ2) is 3.54. The molecule has 0 saturated heterocycles. The number of rotatable bonds is 0. The summed E-state index contributed by atoms with van der Waals surface area (Å²) in [5.74, 6) is 0.620. The third-order valence-corrected chi connectivity index (χ3v) is 2.29. The van der Waals surface area contributed by atoms with E-state index in [-0.39, 0.29) is 5.91 Å². The van der Waals surface area contributed by atoms with Gasteiger partial charge in [0, 0.05) is 25.2 Å². The van der Waals surface area contributed by atoms with Crippen LogP contribution in [0.25, 0.3) is 10.9 Å². The molecule has 15 heavy (non-hydrogen) atoms. The highest BCUT2D eigenvalue weighted by Gasteiger charge is 2.16. The van der Waals surface area contributed by atoms with Gasteiger partial charge in [0.15, 0.2) is 0 Å². The molecule has 74 valence electrons. The minimum Gasteiger partial charge on any atom is -0.299 e. The normalized spacial score (nSPS) is 14.4. The second-order valence-electron chi connectivity index (χ2n) is 3.28. The summed E-state index contributed by atoms with van der Waals surface area (Å²) in [5, 5.41) is 0. The summed E-state index contributed by atoms with van der Waals surface area (Å²) in [4.78, 5) is 20.4. The van der Waals surface area contributed by atoms with Gasteiger partial charge in [-0.2, -0.15) is 0 Å². The average Bonchev–Trinajstić information content (AvgIpc) is 2.40. The number of nitrogens with zero attached hydrogens (tertiary/aromatic N) is 3. The van der Waals surface area contributed by atoms with Crippen molar-refractivity contribution < 1.29 is 4.79 Å². The molecule has 0 spiro atoms. The molecule has 2 rings (SSSR count). The van der Waals surface area contributed by atoms with Gasteiger partial charge in [-0.05, 0) is 6.07 Å². The van der Waals surface area contributed by atoms with E-state index in [0.717, 1.165) is 5.56 Å². The highest BCUT2D eigenvalue weighted by atomic mass is 16.2. The van der Waals surface area contributed by atoms with E-state index < -0.39 is 0 Å². The quantitative estimate of drug-likeness (QED) is 0.599. The van der Waals surface area contributed by atoms with Crippen LogP contribution in [0, 0.1) is 6.57 Å². The van der Waals surface area contributed by atoms with Crippen LogP contribution in [0.15, 0.2) is 18.3 Å². The molecule has 1 aromatic rings. The Morgan fingerprint density at radius 2 is 2.40 bits per heavy atom. The first-order chi connectivity index (χ1) is 7.22. The van der Waals surface area contributed by atoms with Crippen molar-refractivity contribution in [1.29, 1.82) is 0 Å². The monoisotopic (exact) mass is 199 g/mol. The summed E-state index contributed by atoms with van der Waals surface area (Å²) in [6.07, 6.45) is 5.48. The molecule has 0 unspecified atom stereocenters. The summed E-state index contributed by atoms with van der Waals surface area (Å²) in [6, 6.07) is 1.74. The summed E-state index contributed by atoms with van der Waals surface area (Å²) in [6.45, 7) is 6.89. The maximum atomic E-state index is 11.5. The Morgan fingerprint density at radius 3 is 3.13 bits per heavy atom. The van der Waals surface area contributed by atoms with Gasteiger partial charge in [-0.25, -0.2) is 9.83 Å². The lowest BCUT2D eigenvalue weighted by Crippen LogP contribution is -2.25. The topological polar surface area (TPSA) is 37.6 Å². The van der Waals surface area contributed by atoms with Crippen molar-refractivity contribution in [3.8, 4) is 0 Å². The van der Waals surface area contributed by atoms with E-state index in [9.17, 15) is 4.79 Å². The van der Waals surface area contributed by atoms with E-state index in [4.69, 9.17) is 6.57 Å². The predicted octanol–water partition coefficient (Wildman–Crippen LogP) is 2.01. The summed E-state index contributed by atoms with van der Waals surface area (Å²) < 4.78 is 0. The number of anilines is 1. The largest absolute Gasteiger partial charge is 0.299 e. The van der Waals surface area contributed by atoms with Crippen LogP contribution in [-0.4, -0.2) is 17.9 Å². The molecule has 0 bridgehead atoms. The first-order valence-corrected chi connectivity index (χ1v) is 4.53. The number of amides is 1. The van der Waals surface area contributed by atoms with E-state index in [1.165, 1.54) is 11.1 Å². The Morgan fingerprint density at radius 1 is 1.60 bits per heavy atom. The van der Waals surface area contributed by atoms with Crippen LogP contribution in [-0.2, 0) is 4.79 Å². The molecule has 0 radical (unpaired) electrons. The van der Waals surface area contributed by atoms with E-state index in [0.29, 0.717) is 17.9 Å². The lowest BCUT2D eigenvalue weighted by atomic mass is 10.2. The van der Waals surface area contributed by atoms with Gasteiger partial charge >= 0.3 is 0 Å². The highest BCUT2D eigenvalue weighted by molar-refractivity contribution is 5.97. The number of hydrogen-bond donors (Lipinski definition) is 0. The maximum absolute atomic E-state index is 11.5. The van der Waals surface area contributed by atoms with Crippen LogP contribution in [0.5, 0.6) is 0 Å². The molecule has 0 aromatic carbocycles. The van der Waals surface area contributed by atoms with Gasteiger partial charge in [0.25, 0.3) is 0 Å². The van der Waals surface area contributed by atoms with Crippen molar-refractivity contribution in [2.45, 2.75) is 6.42 Å². The number of fused-ring (bicyclic) bond motifs is 1. The SMILES string of the molecule is [C-]#[N+]c1cnc2c(c1)C=CCC(=O)N2C. The van der Waals surface area contributed by atoms with Crippen molar-refractivity contribution >= 4 is 23.5 Å². The third-order valence-electron chi connectivity index (χ3n) is 2.29. The van der Waals surface area contributed by atoms with Gasteiger partial charge < -0.3 is 0 Å². The van der Waals surface area contributed by atoms with Crippen molar-refractivity contribution in [2.75, 3.05) is 11.9 Å². The highest BCUT2D eigenvalue weighted by Crippen LogP contribution is 2.25. The zero-order chi connectivity index (χ0) is 10.8. The van der Waals surface area contributed by atoms with E-state index in [1.54, 1.807) is 19.2 Å². The van der Waals surface area contributed by atoms with Gasteiger partial charge in [-0.15, -0.1) is 0 Å². The molecule has 0 N–H and O–H groups in total. The number of hydrogen-bond acceptors (Lipinski definition) is 2. The van der Waals surface area contributed by atoms with Gasteiger partial charge in [-0.3, -0.25) is 9.69 Å². The van der Waals surface area contributed by atoms with Crippen LogP contribution in [0.1, 0.15) is 12.0 Å². The zero-order valence-electron chi connectivity index (χ0n) is 8.27. The minimum atomic E-state index is 0.00747. The smallest absolute Gasteiger partial charge is 0.231 e. The summed E-state index contributed by atoms with van der Waals surface area (Å²) >= 11 is 0. The van der Waals surface area contributed by atoms with Crippen LogP contribution < -0.4 is 4.90 Å². The van der Waals surface area contributed by atoms with Crippen molar-refractivity contribution in [2.24, 2.45) is 0 Å². The molecule has 4 nitrogen and oxygen atoms in total. The number of carbonyl (C=O) groups is 1. The Hall–Kier alpha value is -2.15. The first kappa shape index (κ1) is 9.41. The Balaban J connectivity index is 2.57. The molecule has 4 heteroatoms. The molecule has 1 aliphatic heterocycles. The third kappa shape index (κ3) is 1.59. The Kier molecular flexibility index (Phi) is 2.22. The molecule has 2 heterocycles. The molecule has 1 aliphatic rings. The molecule has 0 atom stereocenters. The Bertz CT molecular complexity index is 485. The van der Waals surface area contributed by atoms with Crippen molar-refractivity contribution in [3.63, 3.8) is 0 Å². The number of aromatic nitrogens is 1. The fourth-order valence-corrected chi connectivity index (χ4v) is 1.47. The number of pyridine rings is 1. The average molecular weight is 199 g/mol. The van der Waals surface area contributed by atoms with Crippen LogP contribution in [0.2, 0.25) is 0 Å². The van der Waals surface area contributed by atoms with Crippen LogP contribution in [0.3, 0.4) is 0 Å². The standard InChI is InChI=1S/C11H9N3O/c1-12-9-6-8-4-3-5-10(15)14(2)11(8)13-7-9/h3-4,6-7H,5H2,2H3. The summed E-state index contributed by atoms with van der Waals surface area (Å²) in [5.41, 5.74) is 1.30. The van der Waals surface area contributed by atoms with E-state index >= 15 is 0 Å². The van der Waals surface area contributed by atoms with Crippen LogP contribution >= 0.6 is 0 Å². The van der Waals surface area contributed by atoms with Crippen molar-refractivity contribution in [3.05, 3.63) is 35.3 Å². The lowest BCUT2D eigenvalue weighted by Gasteiger charge is -2.15. The fourth-order valence-electron chi connectivity index (χ4n) is 1.47. The van der Waals surface area contributed by atoms with Gasteiger partial charge in [0.05, 0.1) is 6.57 Å².